The van der Waals surface area contributed by atoms with Crippen molar-refractivity contribution in [3.8, 4) is 0 Å². The highest BCUT2D eigenvalue weighted by Crippen LogP contribution is 2.41. The van der Waals surface area contributed by atoms with Crippen molar-refractivity contribution < 1.29 is 19.4 Å². The van der Waals surface area contributed by atoms with Gasteiger partial charge in [-0.05, 0) is 11.6 Å². The number of halogens is 3. The second-order valence-electron chi connectivity index (χ2n) is 6.00. The van der Waals surface area contributed by atoms with E-state index in [4.69, 9.17) is 39.5 Å². The Balaban J connectivity index is 2.77. The first-order chi connectivity index (χ1) is 13.4. The summed E-state index contributed by atoms with van der Waals surface area (Å²) in [5.41, 5.74) is -0.797. The average molecular weight is 463 g/mol. The van der Waals surface area contributed by atoms with Crippen molar-refractivity contribution in [2.45, 2.75) is 9.90 Å². The first kappa shape index (κ1) is 22.7. The molecular weight excluding hydrogens is 449 g/mol. The Hall–Kier alpha value is -2.62. The molecule has 0 saturated heterocycles. The Kier molecular flexibility index (Phi) is 6.89. The molecule has 2 rings (SSSR count). The number of esters is 1. The van der Waals surface area contributed by atoms with Crippen LogP contribution in [0.4, 0.5) is 17.1 Å². The number of carbonyl (C=O) groups excluding carboxylic acids is 1. The van der Waals surface area contributed by atoms with Crippen LogP contribution in [0.3, 0.4) is 0 Å². The summed E-state index contributed by atoms with van der Waals surface area (Å²) in [7, 11) is 3.06. The largest absolute Gasteiger partial charge is 0.449 e. The molecule has 1 atom stereocenters. The maximum Gasteiger partial charge on any atom is 0.359 e. The fourth-order valence-corrected chi connectivity index (χ4v) is 2.70. The zero-order chi connectivity index (χ0) is 21.9. The van der Waals surface area contributed by atoms with E-state index in [1.807, 2.05) is 0 Å². The predicted octanol–water partition coefficient (Wildman–Crippen LogP) is 4.57. The van der Waals surface area contributed by atoms with E-state index >= 15 is 0 Å². The molecule has 0 radical (unpaired) electrons. The maximum atomic E-state index is 12.2. The summed E-state index contributed by atoms with van der Waals surface area (Å²) < 4.78 is 2.86. The molecular formula is C17H14Cl3N3O6. The molecule has 0 bridgehead atoms. The molecule has 0 spiro atoms. The number of nitro benzene ring substituents is 2. The van der Waals surface area contributed by atoms with Crippen LogP contribution in [0.5, 0.6) is 0 Å². The van der Waals surface area contributed by atoms with Gasteiger partial charge in [0.25, 0.3) is 15.2 Å². The van der Waals surface area contributed by atoms with E-state index in [0.29, 0.717) is 5.56 Å². The minimum atomic E-state index is -2.42. The number of rotatable bonds is 6. The van der Waals surface area contributed by atoms with Gasteiger partial charge >= 0.3 is 5.97 Å². The minimum Gasteiger partial charge on any atom is -0.449 e. The standard InChI is InChI=1S/C17H14Cl3N3O6/c1-21(2)13-8-11(12(22(25)26)9-14(13)23(27)28)15(10-6-4-3-5-7-10)29-16(24)17(18,19)20/h3-9,15H,1-2H3. The van der Waals surface area contributed by atoms with Crippen LogP contribution in [0.1, 0.15) is 17.2 Å². The molecule has 0 aliphatic heterocycles. The molecule has 0 amide bonds. The second kappa shape index (κ2) is 8.81. The van der Waals surface area contributed by atoms with Crippen molar-refractivity contribution >= 4 is 57.8 Å². The lowest BCUT2D eigenvalue weighted by Gasteiger charge is -2.22. The fraction of sp³-hybridized carbons (Fsp3) is 0.235. The van der Waals surface area contributed by atoms with E-state index in [9.17, 15) is 25.0 Å². The van der Waals surface area contributed by atoms with Crippen LogP contribution in [0.2, 0.25) is 0 Å². The third-order valence-corrected chi connectivity index (χ3v) is 4.30. The molecule has 0 aliphatic carbocycles. The molecule has 0 aliphatic rings. The Morgan fingerprint density at radius 2 is 1.59 bits per heavy atom. The van der Waals surface area contributed by atoms with Crippen LogP contribution in [0.15, 0.2) is 42.5 Å². The monoisotopic (exact) mass is 461 g/mol. The summed E-state index contributed by atoms with van der Waals surface area (Å²) in [6, 6.07) is 10.1. The van der Waals surface area contributed by atoms with Crippen LogP contribution in [0.25, 0.3) is 0 Å². The van der Waals surface area contributed by atoms with E-state index in [2.05, 4.69) is 0 Å². The normalized spacial score (nSPS) is 12.2. The number of nitrogens with zero attached hydrogens (tertiary/aromatic N) is 3. The number of benzene rings is 2. The molecule has 0 N–H and O–H groups in total. The summed E-state index contributed by atoms with van der Waals surface area (Å²) in [6.45, 7) is 0. The summed E-state index contributed by atoms with van der Waals surface area (Å²) >= 11 is 16.7. The molecule has 0 heterocycles. The van der Waals surface area contributed by atoms with Gasteiger partial charge in [0, 0.05) is 14.1 Å². The number of nitro groups is 2. The van der Waals surface area contributed by atoms with Gasteiger partial charge in [-0.1, -0.05) is 65.1 Å². The maximum absolute atomic E-state index is 12.2. The molecule has 29 heavy (non-hydrogen) atoms. The zero-order valence-electron chi connectivity index (χ0n) is 15.0. The average Bonchev–Trinajstić information content (AvgIpc) is 2.64. The quantitative estimate of drug-likeness (QED) is 0.267. The van der Waals surface area contributed by atoms with Crippen LogP contribution < -0.4 is 4.90 Å². The van der Waals surface area contributed by atoms with E-state index in [1.165, 1.54) is 25.1 Å². The van der Waals surface area contributed by atoms with Crippen molar-refractivity contribution in [1.82, 2.24) is 0 Å². The molecule has 1 unspecified atom stereocenters. The Morgan fingerprint density at radius 1 is 1.03 bits per heavy atom. The van der Waals surface area contributed by atoms with E-state index in [-0.39, 0.29) is 11.3 Å². The number of ether oxygens (including phenoxy) is 1. The molecule has 0 fully saturated rings. The Morgan fingerprint density at radius 3 is 2.03 bits per heavy atom. The fourth-order valence-electron chi connectivity index (χ4n) is 2.57. The van der Waals surface area contributed by atoms with Crippen LogP contribution in [0, 0.1) is 20.2 Å². The number of hydrogen-bond acceptors (Lipinski definition) is 7. The van der Waals surface area contributed by atoms with Crippen molar-refractivity contribution in [2.75, 3.05) is 19.0 Å². The van der Waals surface area contributed by atoms with Crippen LogP contribution in [-0.2, 0) is 9.53 Å². The van der Waals surface area contributed by atoms with Gasteiger partial charge in [0.1, 0.15) is 5.69 Å². The summed E-state index contributed by atoms with van der Waals surface area (Å²) in [5.74, 6) is -1.25. The highest BCUT2D eigenvalue weighted by Gasteiger charge is 2.38. The van der Waals surface area contributed by atoms with E-state index in [0.717, 1.165) is 6.07 Å². The summed E-state index contributed by atoms with van der Waals surface area (Å²) in [4.78, 5) is 35.1. The zero-order valence-corrected chi connectivity index (χ0v) is 17.3. The second-order valence-corrected chi connectivity index (χ2v) is 8.28. The molecule has 0 saturated carbocycles. The molecule has 154 valence electrons. The highest BCUT2D eigenvalue weighted by atomic mass is 35.6. The van der Waals surface area contributed by atoms with Crippen molar-refractivity contribution in [1.29, 1.82) is 0 Å². The van der Waals surface area contributed by atoms with Gasteiger partial charge < -0.3 is 9.64 Å². The Labute approximate surface area is 180 Å². The third kappa shape index (κ3) is 5.26. The number of carbonyl (C=O) groups is 1. The van der Waals surface area contributed by atoms with Gasteiger partial charge in [-0.25, -0.2) is 4.79 Å². The van der Waals surface area contributed by atoms with Gasteiger partial charge in [-0.3, -0.25) is 20.2 Å². The SMILES string of the molecule is CN(C)c1cc(C(OC(=O)C(Cl)(Cl)Cl)c2ccccc2)c([N+](=O)[O-])cc1[N+](=O)[O-]. The molecule has 2 aromatic rings. The lowest BCUT2D eigenvalue weighted by Crippen LogP contribution is -2.25. The molecule has 12 heteroatoms. The first-order valence-electron chi connectivity index (χ1n) is 7.90. The molecule has 0 aromatic heterocycles. The first-order valence-corrected chi connectivity index (χ1v) is 9.03. The van der Waals surface area contributed by atoms with Gasteiger partial charge in [-0.2, -0.15) is 0 Å². The van der Waals surface area contributed by atoms with Crippen molar-refractivity contribution in [2.24, 2.45) is 0 Å². The van der Waals surface area contributed by atoms with Gasteiger partial charge in [-0.15, -0.1) is 0 Å². The topological polar surface area (TPSA) is 116 Å². The van der Waals surface area contributed by atoms with Crippen molar-refractivity contribution in [3.05, 3.63) is 73.8 Å². The Bertz CT molecular complexity index is 947. The van der Waals surface area contributed by atoms with Gasteiger partial charge in [0.2, 0.25) is 0 Å². The summed E-state index contributed by atoms with van der Waals surface area (Å²) in [6.07, 6.45) is -1.35. The van der Waals surface area contributed by atoms with Crippen LogP contribution in [-0.4, -0.2) is 33.7 Å². The van der Waals surface area contributed by atoms with Gasteiger partial charge in [0.15, 0.2) is 6.10 Å². The summed E-state index contributed by atoms with van der Waals surface area (Å²) in [5, 5.41) is 23.0. The predicted molar refractivity (Wildman–Crippen MR) is 109 cm³/mol. The number of hydrogen-bond donors (Lipinski definition) is 0. The molecule has 9 nitrogen and oxygen atoms in total. The lowest BCUT2D eigenvalue weighted by atomic mass is 9.98. The smallest absolute Gasteiger partial charge is 0.359 e. The number of anilines is 1. The number of alkyl halides is 3. The lowest BCUT2D eigenvalue weighted by molar-refractivity contribution is -0.394. The van der Waals surface area contributed by atoms with E-state index < -0.39 is 37.1 Å². The van der Waals surface area contributed by atoms with Crippen LogP contribution >= 0.6 is 34.8 Å². The van der Waals surface area contributed by atoms with Gasteiger partial charge in [0.05, 0.1) is 21.5 Å². The molecule has 2 aromatic carbocycles. The van der Waals surface area contributed by atoms with Crippen molar-refractivity contribution in [3.63, 3.8) is 0 Å². The minimum absolute atomic E-state index is 0.0708. The van der Waals surface area contributed by atoms with E-state index in [1.54, 1.807) is 30.3 Å². The third-order valence-electron chi connectivity index (χ3n) is 3.84. The highest BCUT2D eigenvalue weighted by molar-refractivity contribution is 6.75.